The van der Waals surface area contributed by atoms with Crippen molar-refractivity contribution in [2.45, 2.75) is 18.2 Å². The third-order valence-electron chi connectivity index (χ3n) is 3.33. The highest BCUT2D eigenvalue weighted by Gasteiger charge is 2.32. The molecule has 2 unspecified atom stereocenters. The third kappa shape index (κ3) is 3.51. The van der Waals surface area contributed by atoms with Gasteiger partial charge in [-0.2, -0.15) is 0 Å². The molecule has 2 atom stereocenters. The van der Waals surface area contributed by atoms with Crippen LogP contribution in [0, 0.1) is 17.7 Å². The molecule has 0 bridgehead atoms. The summed E-state index contributed by atoms with van der Waals surface area (Å²) in [5.41, 5.74) is -0.333. The minimum atomic E-state index is -4.06. The first kappa shape index (κ1) is 15.7. The second-order valence-corrected chi connectivity index (χ2v) is 8.27. The first-order valence-electron chi connectivity index (χ1n) is 5.92. The number of benzene rings is 1. The van der Waals surface area contributed by atoms with Crippen LogP contribution in [-0.2, 0) is 9.05 Å². The molecule has 0 saturated heterocycles. The number of amides is 1. The molecule has 4 nitrogen and oxygen atoms in total. The zero-order valence-corrected chi connectivity index (χ0v) is 13.6. The van der Waals surface area contributed by atoms with E-state index in [0.29, 0.717) is 18.4 Å². The van der Waals surface area contributed by atoms with Gasteiger partial charge in [0.15, 0.2) is 0 Å². The summed E-state index contributed by atoms with van der Waals surface area (Å²) in [4.78, 5) is 11.6. The van der Waals surface area contributed by atoms with Crippen LogP contribution in [0.5, 0.6) is 0 Å². The molecule has 1 aliphatic rings. The molecule has 8 heteroatoms. The maximum atomic E-state index is 13.8. The van der Waals surface area contributed by atoms with E-state index in [4.69, 9.17) is 10.7 Å². The number of halogens is 3. The van der Waals surface area contributed by atoms with Crippen molar-refractivity contribution in [3.63, 3.8) is 0 Å². The highest BCUT2D eigenvalue weighted by atomic mass is 79.9. The largest absolute Gasteiger partial charge is 0.352 e. The summed E-state index contributed by atoms with van der Waals surface area (Å²) in [6, 6.07) is 1.86. The van der Waals surface area contributed by atoms with Crippen LogP contribution < -0.4 is 5.32 Å². The van der Waals surface area contributed by atoms with Crippen molar-refractivity contribution in [2.75, 3.05) is 6.54 Å². The average molecular weight is 385 g/mol. The van der Waals surface area contributed by atoms with Gasteiger partial charge in [0.25, 0.3) is 15.0 Å². The van der Waals surface area contributed by atoms with Gasteiger partial charge in [0, 0.05) is 21.7 Å². The molecular formula is C12H12BrClFNO3S. The minimum absolute atomic E-state index is 0.0163. The smallest absolute Gasteiger partial charge is 0.262 e. The van der Waals surface area contributed by atoms with E-state index in [1.165, 1.54) is 0 Å². The van der Waals surface area contributed by atoms with Gasteiger partial charge in [-0.25, -0.2) is 12.8 Å². The molecule has 0 aromatic heterocycles. The van der Waals surface area contributed by atoms with Gasteiger partial charge in [0.1, 0.15) is 5.82 Å². The van der Waals surface area contributed by atoms with Gasteiger partial charge in [-0.05, 0) is 46.3 Å². The first-order valence-corrected chi connectivity index (χ1v) is 9.02. The Hall–Kier alpha value is -0.660. The fourth-order valence-corrected chi connectivity index (χ4v) is 4.06. The second kappa shape index (κ2) is 5.61. The van der Waals surface area contributed by atoms with Crippen molar-refractivity contribution in [1.82, 2.24) is 5.32 Å². The number of hydrogen-bond donors (Lipinski definition) is 1. The molecule has 20 heavy (non-hydrogen) atoms. The fraction of sp³-hybridized carbons (Fsp3) is 0.417. The Morgan fingerprint density at radius 2 is 2.15 bits per heavy atom. The molecule has 0 spiro atoms. The van der Waals surface area contributed by atoms with Gasteiger partial charge in [-0.3, -0.25) is 4.79 Å². The van der Waals surface area contributed by atoms with Crippen molar-refractivity contribution in [3.05, 3.63) is 28.0 Å². The fourth-order valence-electron chi connectivity index (χ4n) is 1.89. The summed E-state index contributed by atoms with van der Waals surface area (Å²) in [6.07, 6.45) is 1.03. The molecule has 1 saturated carbocycles. The Labute approximate surface area is 129 Å². The van der Waals surface area contributed by atoms with Gasteiger partial charge in [0.2, 0.25) is 0 Å². The van der Waals surface area contributed by atoms with E-state index in [-0.39, 0.29) is 14.9 Å². The molecule has 110 valence electrons. The second-order valence-electron chi connectivity index (χ2n) is 4.88. The maximum absolute atomic E-state index is 13.8. The minimum Gasteiger partial charge on any atom is -0.352 e. The van der Waals surface area contributed by atoms with Gasteiger partial charge in [-0.15, -0.1) is 0 Å². The van der Waals surface area contributed by atoms with Crippen LogP contribution in [0.3, 0.4) is 0 Å². The molecule has 1 fully saturated rings. The Kier molecular flexibility index (Phi) is 4.41. The summed E-state index contributed by atoms with van der Waals surface area (Å²) in [7, 11) is 1.18. The summed E-state index contributed by atoms with van der Waals surface area (Å²) in [5.74, 6) is -0.476. The van der Waals surface area contributed by atoms with E-state index in [9.17, 15) is 17.6 Å². The molecular weight excluding hydrogens is 373 g/mol. The normalized spacial score (nSPS) is 21.6. The van der Waals surface area contributed by atoms with E-state index in [2.05, 4.69) is 28.2 Å². The SMILES string of the molecule is CC1CC1CNC(=O)c1cc(S(=O)(=O)Cl)c(Br)cc1F. The maximum Gasteiger partial charge on any atom is 0.262 e. The Balaban J connectivity index is 2.24. The van der Waals surface area contributed by atoms with Gasteiger partial charge >= 0.3 is 0 Å². The summed E-state index contributed by atoms with van der Waals surface area (Å²) < 4.78 is 36.4. The predicted molar refractivity (Wildman–Crippen MR) is 76.7 cm³/mol. The molecule has 0 heterocycles. The van der Waals surface area contributed by atoms with Crippen molar-refractivity contribution in [3.8, 4) is 0 Å². The highest BCUT2D eigenvalue weighted by molar-refractivity contribution is 9.10. The third-order valence-corrected chi connectivity index (χ3v) is 5.61. The Morgan fingerprint density at radius 3 is 2.65 bits per heavy atom. The molecule has 1 amide bonds. The molecule has 2 rings (SSSR count). The van der Waals surface area contributed by atoms with Gasteiger partial charge < -0.3 is 5.32 Å². The lowest BCUT2D eigenvalue weighted by molar-refractivity contribution is 0.0947. The molecule has 0 aliphatic heterocycles. The number of nitrogens with one attached hydrogen (secondary N) is 1. The summed E-state index contributed by atoms with van der Waals surface area (Å²) in [5, 5.41) is 2.60. The highest BCUT2D eigenvalue weighted by Crippen LogP contribution is 2.36. The van der Waals surface area contributed by atoms with Crippen LogP contribution >= 0.6 is 26.6 Å². The van der Waals surface area contributed by atoms with Crippen molar-refractivity contribution >= 4 is 41.6 Å². The topological polar surface area (TPSA) is 63.2 Å². The number of carbonyl (C=O) groups excluding carboxylic acids is 1. The summed E-state index contributed by atoms with van der Waals surface area (Å²) >= 11 is 2.91. The average Bonchev–Trinajstić information content (AvgIpc) is 3.00. The Bertz CT molecular complexity index is 665. The first-order chi connectivity index (χ1) is 9.20. The lowest BCUT2D eigenvalue weighted by Gasteiger charge is -2.08. The van der Waals surface area contributed by atoms with Crippen molar-refractivity contribution < 1.29 is 17.6 Å². The summed E-state index contributed by atoms with van der Waals surface area (Å²) in [6.45, 7) is 2.52. The van der Waals surface area contributed by atoms with Crippen LogP contribution in [0.25, 0.3) is 0 Å². The number of hydrogen-bond acceptors (Lipinski definition) is 3. The Morgan fingerprint density at radius 1 is 1.55 bits per heavy atom. The van der Waals surface area contributed by atoms with E-state index in [1.54, 1.807) is 0 Å². The zero-order chi connectivity index (χ0) is 15.1. The van der Waals surface area contributed by atoms with Crippen LogP contribution in [0.2, 0.25) is 0 Å². The quantitative estimate of drug-likeness (QED) is 0.812. The molecule has 0 radical (unpaired) electrons. The van der Waals surface area contributed by atoms with Crippen molar-refractivity contribution in [1.29, 1.82) is 0 Å². The van der Waals surface area contributed by atoms with Gasteiger partial charge in [0.05, 0.1) is 10.5 Å². The molecule has 1 aromatic rings. The van der Waals surface area contributed by atoms with Crippen LogP contribution in [-0.4, -0.2) is 20.9 Å². The van der Waals surface area contributed by atoms with E-state index >= 15 is 0 Å². The van der Waals surface area contributed by atoms with Crippen LogP contribution in [0.1, 0.15) is 23.7 Å². The van der Waals surface area contributed by atoms with Crippen LogP contribution in [0.4, 0.5) is 4.39 Å². The molecule has 1 aromatic carbocycles. The van der Waals surface area contributed by atoms with Gasteiger partial charge in [-0.1, -0.05) is 6.92 Å². The monoisotopic (exact) mass is 383 g/mol. The zero-order valence-electron chi connectivity index (χ0n) is 10.5. The van der Waals surface area contributed by atoms with Crippen molar-refractivity contribution in [2.24, 2.45) is 11.8 Å². The number of rotatable bonds is 4. The van der Waals surface area contributed by atoms with Crippen LogP contribution in [0.15, 0.2) is 21.5 Å². The lowest BCUT2D eigenvalue weighted by Crippen LogP contribution is -2.27. The van der Waals surface area contributed by atoms with E-state index < -0.39 is 20.8 Å². The number of carbonyl (C=O) groups is 1. The van der Waals surface area contributed by atoms with E-state index in [1.807, 2.05) is 0 Å². The van der Waals surface area contributed by atoms with E-state index in [0.717, 1.165) is 18.6 Å². The molecule has 1 N–H and O–H groups in total. The predicted octanol–water partition coefficient (Wildman–Crippen LogP) is 2.90. The standard InChI is InChI=1S/C12H12BrClFNO3S/c1-6-2-7(6)5-16-12(17)8-3-11(20(14,18)19)9(13)4-10(8)15/h3-4,6-7H,2,5H2,1H3,(H,16,17). The molecule has 1 aliphatic carbocycles. The lowest BCUT2D eigenvalue weighted by atomic mass is 10.2.